The van der Waals surface area contributed by atoms with Gasteiger partial charge in [0.05, 0.1) is 13.5 Å². The molecule has 0 fully saturated rings. The Kier molecular flexibility index (Phi) is 4.38. The maximum absolute atomic E-state index is 10.8. The van der Waals surface area contributed by atoms with Crippen molar-refractivity contribution in [2.45, 2.75) is 40.5 Å². The molecular weight excluding hydrogens is 228 g/mol. The lowest BCUT2D eigenvalue weighted by Crippen LogP contribution is -2.20. The van der Waals surface area contributed by atoms with Gasteiger partial charge in [-0.25, -0.2) is 0 Å². The fraction of sp³-hybridized carbons (Fsp3) is 0.533. The summed E-state index contributed by atoms with van der Waals surface area (Å²) in [6.07, 6.45) is 0.938. The summed E-state index contributed by atoms with van der Waals surface area (Å²) in [5.41, 5.74) is 3.27. The molecule has 1 rings (SSSR count). The highest BCUT2D eigenvalue weighted by atomic mass is 16.5. The van der Waals surface area contributed by atoms with Crippen molar-refractivity contribution in [2.75, 3.05) is 7.11 Å². The molecule has 0 radical (unpaired) electrons. The van der Waals surface area contributed by atoms with E-state index in [2.05, 4.69) is 6.92 Å². The van der Waals surface area contributed by atoms with E-state index in [9.17, 15) is 4.79 Å². The van der Waals surface area contributed by atoms with Crippen LogP contribution in [0.4, 0.5) is 0 Å². The van der Waals surface area contributed by atoms with E-state index in [0.29, 0.717) is 0 Å². The van der Waals surface area contributed by atoms with E-state index in [0.717, 1.165) is 17.7 Å². The number of ether oxygens (including phenoxy) is 1. The first-order valence-corrected chi connectivity index (χ1v) is 6.12. The largest absolute Gasteiger partial charge is 0.496 e. The molecule has 0 saturated heterocycles. The van der Waals surface area contributed by atoms with Crippen LogP contribution in [0.2, 0.25) is 0 Å². The summed E-state index contributed by atoms with van der Waals surface area (Å²) in [5, 5.41) is 8.91. The Morgan fingerprint density at radius 2 is 1.89 bits per heavy atom. The van der Waals surface area contributed by atoms with Crippen molar-refractivity contribution in [3.8, 4) is 5.75 Å². The third-order valence-electron chi connectivity index (χ3n) is 3.37. The van der Waals surface area contributed by atoms with Gasteiger partial charge in [-0.05, 0) is 48.4 Å². The number of benzene rings is 1. The van der Waals surface area contributed by atoms with Crippen LogP contribution < -0.4 is 4.74 Å². The van der Waals surface area contributed by atoms with Gasteiger partial charge in [0.15, 0.2) is 0 Å². The molecule has 1 N–H and O–H groups in total. The third-order valence-corrected chi connectivity index (χ3v) is 3.37. The van der Waals surface area contributed by atoms with Crippen molar-refractivity contribution in [2.24, 2.45) is 5.41 Å². The third kappa shape index (κ3) is 3.49. The summed E-state index contributed by atoms with van der Waals surface area (Å²) >= 11 is 0. The molecule has 0 saturated carbocycles. The zero-order chi connectivity index (χ0) is 13.9. The Labute approximate surface area is 109 Å². The molecule has 0 aliphatic carbocycles. The van der Waals surface area contributed by atoms with Gasteiger partial charge in [-0.1, -0.05) is 19.9 Å². The van der Waals surface area contributed by atoms with Crippen LogP contribution in [0.3, 0.4) is 0 Å². The Hall–Kier alpha value is -1.51. The van der Waals surface area contributed by atoms with Crippen LogP contribution >= 0.6 is 0 Å². The van der Waals surface area contributed by atoms with Gasteiger partial charge in [-0.15, -0.1) is 0 Å². The molecule has 0 bridgehead atoms. The number of rotatable bonds is 5. The maximum atomic E-state index is 10.8. The molecule has 3 heteroatoms. The fourth-order valence-electron chi connectivity index (χ4n) is 2.25. The smallest absolute Gasteiger partial charge is 0.303 e. The predicted octanol–water partition coefficient (Wildman–Crippen LogP) is 3.36. The summed E-state index contributed by atoms with van der Waals surface area (Å²) in [4.78, 5) is 10.8. The summed E-state index contributed by atoms with van der Waals surface area (Å²) in [7, 11) is 1.66. The van der Waals surface area contributed by atoms with E-state index in [1.807, 2.05) is 32.9 Å². The number of aliphatic carboxylic acids is 1. The molecule has 0 aliphatic rings. The molecule has 18 heavy (non-hydrogen) atoms. The van der Waals surface area contributed by atoms with Crippen LogP contribution in [0.1, 0.15) is 37.0 Å². The lowest BCUT2D eigenvalue weighted by atomic mass is 9.81. The Morgan fingerprint density at radius 1 is 1.28 bits per heavy atom. The minimum absolute atomic E-state index is 0.178. The number of hydrogen-bond donors (Lipinski definition) is 1. The first-order valence-electron chi connectivity index (χ1n) is 6.12. The SMILES string of the molecule is COc1ccc(CC(C)(C)CC(=O)O)c(C)c1C. The first-order chi connectivity index (χ1) is 8.26. The van der Waals surface area contributed by atoms with Crippen LogP contribution in [0.5, 0.6) is 5.75 Å². The molecule has 0 unspecified atom stereocenters. The van der Waals surface area contributed by atoms with Crippen molar-refractivity contribution in [1.29, 1.82) is 0 Å². The summed E-state index contributed by atoms with van der Waals surface area (Å²) in [6, 6.07) is 3.99. The van der Waals surface area contributed by atoms with Gasteiger partial charge in [0, 0.05) is 0 Å². The van der Waals surface area contributed by atoms with Gasteiger partial charge in [-0.3, -0.25) is 4.79 Å². The molecule has 0 amide bonds. The zero-order valence-corrected chi connectivity index (χ0v) is 11.8. The van der Waals surface area contributed by atoms with Crippen molar-refractivity contribution in [1.82, 2.24) is 0 Å². The number of hydrogen-bond acceptors (Lipinski definition) is 2. The first kappa shape index (κ1) is 14.6. The van der Waals surface area contributed by atoms with Crippen molar-refractivity contribution >= 4 is 5.97 Å². The number of carboxylic acids is 1. The molecular formula is C15H22O3. The minimum Gasteiger partial charge on any atom is -0.496 e. The average molecular weight is 250 g/mol. The van der Waals surface area contributed by atoms with Gasteiger partial charge in [-0.2, -0.15) is 0 Å². The van der Waals surface area contributed by atoms with Gasteiger partial charge >= 0.3 is 5.97 Å². The molecule has 100 valence electrons. The van der Waals surface area contributed by atoms with E-state index in [1.54, 1.807) is 7.11 Å². The van der Waals surface area contributed by atoms with Gasteiger partial charge < -0.3 is 9.84 Å². The van der Waals surface area contributed by atoms with E-state index >= 15 is 0 Å². The quantitative estimate of drug-likeness (QED) is 0.871. The Morgan fingerprint density at radius 3 is 2.39 bits per heavy atom. The summed E-state index contributed by atoms with van der Waals surface area (Å²) in [5.74, 6) is 0.134. The number of methoxy groups -OCH3 is 1. The monoisotopic (exact) mass is 250 g/mol. The van der Waals surface area contributed by atoms with Crippen LogP contribution in [0, 0.1) is 19.3 Å². The van der Waals surface area contributed by atoms with Gasteiger partial charge in [0.2, 0.25) is 0 Å². The highest BCUT2D eigenvalue weighted by Crippen LogP contribution is 2.31. The topological polar surface area (TPSA) is 46.5 Å². The van der Waals surface area contributed by atoms with Crippen LogP contribution in [-0.2, 0) is 11.2 Å². The lowest BCUT2D eigenvalue weighted by Gasteiger charge is -2.24. The zero-order valence-electron chi connectivity index (χ0n) is 11.8. The van der Waals surface area contributed by atoms with Crippen molar-refractivity contribution in [3.05, 3.63) is 28.8 Å². The van der Waals surface area contributed by atoms with Gasteiger partial charge in [0.25, 0.3) is 0 Å². The van der Waals surface area contributed by atoms with Crippen LogP contribution in [0.15, 0.2) is 12.1 Å². The Balaban J connectivity index is 2.98. The van der Waals surface area contributed by atoms with E-state index < -0.39 is 5.97 Å². The maximum Gasteiger partial charge on any atom is 0.303 e. The normalized spacial score (nSPS) is 11.4. The second-order valence-electron chi connectivity index (χ2n) is 5.59. The van der Waals surface area contributed by atoms with Gasteiger partial charge in [0.1, 0.15) is 5.75 Å². The highest BCUT2D eigenvalue weighted by Gasteiger charge is 2.23. The summed E-state index contributed by atoms with van der Waals surface area (Å²) < 4.78 is 5.28. The van der Waals surface area contributed by atoms with E-state index in [4.69, 9.17) is 9.84 Å². The highest BCUT2D eigenvalue weighted by molar-refractivity contribution is 5.67. The number of carbonyl (C=O) groups is 1. The van der Waals surface area contributed by atoms with Crippen molar-refractivity contribution < 1.29 is 14.6 Å². The second kappa shape index (κ2) is 5.42. The van der Waals surface area contributed by atoms with Crippen LogP contribution in [-0.4, -0.2) is 18.2 Å². The predicted molar refractivity (Wildman–Crippen MR) is 72.2 cm³/mol. The van der Waals surface area contributed by atoms with Crippen LogP contribution in [0.25, 0.3) is 0 Å². The summed E-state index contributed by atoms with van der Waals surface area (Å²) in [6.45, 7) is 8.06. The molecule has 3 nitrogen and oxygen atoms in total. The fourth-order valence-corrected chi connectivity index (χ4v) is 2.25. The molecule has 1 aromatic carbocycles. The number of carboxylic acid groups (broad SMARTS) is 1. The minimum atomic E-state index is -0.747. The lowest BCUT2D eigenvalue weighted by molar-refractivity contribution is -0.139. The molecule has 0 atom stereocenters. The molecule has 0 aromatic heterocycles. The van der Waals surface area contributed by atoms with E-state index in [1.165, 1.54) is 11.1 Å². The Bertz CT molecular complexity index is 447. The van der Waals surface area contributed by atoms with Crippen molar-refractivity contribution in [3.63, 3.8) is 0 Å². The molecule has 0 spiro atoms. The average Bonchev–Trinajstić information content (AvgIpc) is 2.23. The second-order valence-corrected chi connectivity index (χ2v) is 5.59. The molecule has 0 aliphatic heterocycles. The van der Waals surface area contributed by atoms with E-state index in [-0.39, 0.29) is 11.8 Å². The molecule has 0 heterocycles. The molecule has 1 aromatic rings. The standard InChI is InChI=1S/C15H22O3/c1-10-11(2)13(18-5)7-6-12(10)8-15(3,4)9-14(16)17/h6-7H,8-9H2,1-5H3,(H,16,17).